The Kier molecular flexibility index (Phi) is 4.74. The molecule has 0 spiro atoms. The van der Waals surface area contributed by atoms with Crippen molar-refractivity contribution >= 4 is 23.1 Å². The first kappa shape index (κ1) is 19.1. The summed E-state index contributed by atoms with van der Waals surface area (Å²) >= 11 is 0. The van der Waals surface area contributed by atoms with Gasteiger partial charge in [-0.25, -0.2) is 0 Å². The summed E-state index contributed by atoms with van der Waals surface area (Å²) in [5, 5.41) is 0. The van der Waals surface area contributed by atoms with Crippen LogP contribution in [-0.2, 0) is 0 Å². The minimum atomic E-state index is 0.334. The molecule has 1 aliphatic rings. The maximum Gasteiger partial charge on any atom is 0.243 e. The predicted octanol–water partition coefficient (Wildman–Crippen LogP) is 5.36. The molecule has 1 heterocycles. The van der Waals surface area contributed by atoms with Gasteiger partial charge in [0.05, 0.1) is 0 Å². The normalized spacial score (nSPS) is 12.7. The molecule has 0 N–H and O–H groups in total. The van der Waals surface area contributed by atoms with E-state index in [4.69, 9.17) is 0 Å². The van der Waals surface area contributed by atoms with Gasteiger partial charge in [0.1, 0.15) is 0 Å². The number of benzene rings is 3. The van der Waals surface area contributed by atoms with Crippen LogP contribution >= 0.6 is 0 Å². The van der Waals surface area contributed by atoms with E-state index < -0.39 is 0 Å². The molecular weight excluding hydrogens is 335 g/mol. The first-order valence-electron chi connectivity index (χ1n) is 10.6. The van der Waals surface area contributed by atoms with Gasteiger partial charge in [0.25, 0.3) is 0 Å². The lowest BCUT2D eigenvalue weighted by Crippen LogP contribution is -2.52. The molecule has 0 aromatic heterocycles. The van der Waals surface area contributed by atoms with Gasteiger partial charge in [-0.05, 0) is 54.9 Å². The van der Waals surface area contributed by atoms with Crippen molar-refractivity contribution in [2.75, 3.05) is 0 Å². The van der Waals surface area contributed by atoms with E-state index in [-0.39, 0.29) is 0 Å². The second kappa shape index (κ2) is 6.96. The molecule has 0 atom stereocenters. The van der Waals surface area contributed by atoms with Gasteiger partial charge < -0.3 is 0 Å². The Labute approximate surface area is 171 Å². The topological polar surface area (TPSA) is 0 Å². The molecule has 0 saturated carbocycles. The second-order valence-electron chi connectivity index (χ2n) is 9.28. The summed E-state index contributed by atoms with van der Waals surface area (Å²) in [7, 11) is 0. The van der Waals surface area contributed by atoms with E-state index in [2.05, 4.69) is 97.0 Å². The van der Waals surface area contributed by atoms with Crippen LogP contribution in [0.25, 0.3) is 11.1 Å². The fourth-order valence-electron chi connectivity index (χ4n) is 4.95. The lowest BCUT2D eigenvalue weighted by Gasteiger charge is -2.25. The average molecular weight is 366 g/mol. The fourth-order valence-corrected chi connectivity index (χ4v) is 4.95. The van der Waals surface area contributed by atoms with E-state index in [0.717, 1.165) is 0 Å². The summed E-state index contributed by atoms with van der Waals surface area (Å²) in [5.74, 6) is 1.02. The molecule has 0 bridgehead atoms. The van der Waals surface area contributed by atoms with Crippen LogP contribution in [0.1, 0.15) is 67.3 Å². The third-order valence-electron chi connectivity index (χ3n) is 6.25. The molecule has 0 amide bonds. The van der Waals surface area contributed by atoms with Crippen LogP contribution in [0.15, 0.2) is 48.5 Å². The highest BCUT2D eigenvalue weighted by atomic mass is 14.2. The smallest absolute Gasteiger partial charge is 0.0634 e. The molecule has 0 unspecified atom stereocenters. The molecule has 0 fully saturated rings. The zero-order valence-corrected chi connectivity index (χ0v) is 18.4. The maximum absolute atomic E-state index is 2.43. The Hall–Kier alpha value is -2.28. The van der Waals surface area contributed by atoms with E-state index in [0.29, 0.717) is 18.5 Å². The van der Waals surface area contributed by atoms with Crippen molar-refractivity contribution in [3.8, 4) is 11.1 Å². The van der Waals surface area contributed by atoms with Crippen molar-refractivity contribution in [3.05, 3.63) is 76.3 Å². The summed E-state index contributed by atoms with van der Waals surface area (Å²) in [5.41, 5.74) is 14.4. The lowest BCUT2D eigenvalue weighted by atomic mass is 9.36. The van der Waals surface area contributed by atoms with Gasteiger partial charge in [0.15, 0.2) is 0 Å². The SMILES string of the molecule is Cc1ccc2c(c1)B(c1c(C(C)C)cc(C)cc1C(C)C)c1cc(C)ccc1-2. The Balaban J connectivity index is 2.10. The Bertz CT molecular complexity index is 975. The molecular formula is C27H31B. The lowest BCUT2D eigenvalue weighted by molar-refractivity contribution is 0.842. The van der Waals surface area contributed by atoms with Crippen molar-refractivity contribution in [2.45, 2.75) is 60.3 Å². The van der Waals surface area contributed by atoms with Gasteiger partial charge in [0, 0.05) is 0 Å². The van der Waals surface area contributed by atoms with E-state index in [1.165, 1.54) is 49.9 Å². The fraction of sp³-hybridized carbons (Fsp3) is 0.333. The molecule has 0 nitrogen and oxygen atoms in total. The number of aryl methyl sites for hydroxylation is 3. The number of fused-ring (bicyclic) bond motifs is 3. The summed E-state index contributed by atoms with van der Waals surface area (Å²) in [6, 6.07) is 18.9. The molecule has 0 saturated heterocycles. The van der Waals surface area contributed by atoms with Gasteiger partial charge in [0.2, 0.25) is 6.71 Å². The highest BCUT2D eigenvalue weighted by Crippen LogP contribution is 2.28. The highest BCUT2D eigenvalue weighted by molar-refractivity contribution is 6.99. The minimum Gasteiger partial charge on any atom is -0.0634 e. The summed E-state index contributed by atoms with van der Waals surface area (Å²) in [6.07, 6.45) is 0. The number of hydrogen-bond acceptors (Lipinski definition) is 0. The molecule has 0 aliphatic carbocycles. The molecule has 1 aliphatic heterocycles. The summed E-state index contributed by atoms with van der Waals surface area (Å²) in [4.78, 5) is 0. The van der Waals surface area contributed by atoms with Crippen LogP contribution in [0.5, 0.6) is 0 Å². The van der Waals surface area contributed by atoms with Gasteiger partial charge in [-0.3, -0.25) is 0 Å². The van der Waals surface area contributed by atoms with Crippen LogP contribution in [0.2, 0.25) is 0 Å². The molecule has 0 radical (unpaired) electrons. The van der Waals surface area contributed by atoms with Crippen LogP contribution in [0.4, 0.5) is 0 Å². The Morgan fingerprint density at radius 1 is 0.571 bits per heavy atom. The van der Waals surface area contributed by atoms with E-state index in [9.17, 15) is 0 Å². The third-order valence-corrected chi connectivity index (χ3v) is 6.25. The van der Waals surface area contributed by atoms with E-state index >= 15 is 0 Å². The predicted molar refractivity (Wildman–Crippen MR) is 125 cm³/mol. The summed E-state index contributed by atoms with van der Waals surface area (Å²) in [6.45, 7) is 16.4. The van der Waals surface area contributed by atoms with Crippen molar-refractivity contribution in [1.29, 1.82) is 0 Å². The van der Waals surface area contributed by atoms with Crippen molar-refractivity contribution in [1.82, 2.24) is 0 Å². The van der Waals surface area contributed by atoms with E-state index in [1.807, 2.05) is 0 Å². The molecule has 4 rings (SSSR count). The first-order chi connectivity index (χ1) is 13.3. The van der Waals surface area contributed by atoms with Crippen LogP contribution in [0, 0.1) is 20.8 Å². The summed E-state index contributed by atoms with van der Waals surface area (Å²) < 4.78 is 0. The van der Waals surface area contributed by atoms with Crippen LogP contribution in [-0.4, -0.2) is 6.71 Å². The average Bonchev–Trinajstić information content (AvgIpc) is 2.93. The van der Waals surface area contributed by atoms with Crippen molar-refractivity contribution < 1.29 is 0 Å². The zero-order valence-electron chi connectivity index (χ0n) is 18.4. The zero-order chi connectivity index (χ0) is 20.2. The van der Waals surface area contributed by atoms with Crippen LogP contribution in [0.3, 0.4) is 0 Å². The first-order valence-corrected chi connectivity index (χ1v) is 10.6. The van der Waals surface area contributed by atoms with Gasteiger partial charge in [-0.2, -0.15) is 0 Å². The molecule has 3 aromatic rings. The van der Waals surface area contributed by atoms with Gasteiger partial charge in [-0.1, -0.05) is 109 Å². The highest BCUT2D eigenvalue weighted by Gasteiger charge is 2.37. The Morgan fingerprint density at radius 3 is 1.39 bits per heavy atom. The van der Waals surface area contributed by atoms with Crippen molar-refractivity contribution in [3.63, 3.8) is 0 Å². The maximum atomic E-state index is 2.43. The third kappa shape index (κ3) is 3.02. The van der Waals surface area contributed by atoms with E-state index in [1.54, 1.807) is 5.46 Å². The largest absolute Gasteiger partial charge is 0.243 e. The number of rotatable bonds is 3. The quantitative estimate of drug-likeness (QED) is 0.429. The molecule has 3 aromatic carbocycles. The second-order valence-corrected chi connectivity index (χ2v) is 9.28. The number of hydrogen-bond donors (Lipinski definition) is 0. The van der Waals surface area contributed by atoms with Crippen molar-refractivity contribution in [2.24, 2.45) is 0 Å². The monoisotopic (exact) mass is 366 g/mol. The standard InChI is InChI=1S/C27H31B/c1-16(2)23-12-20(7)13-24(17(3)4)27(23)28-25-14-18(5)8-10-21(25)22-11-9-19(6)15-26(22)28/h8-17H,1-7H3. The Morgan fingerprint density at radius 2 is 1.00 bits per heavy atom. The molecule has 142 valence electrons. The molecule has 28 heavy (non-hydrogen) atoms. The van der Waals surface area contributed by atoms with Crippen LogP contribution < -0.4 is 16.4 Å². The molecule has 1 heteroatoms. The van der Waals surface area contributed by atoms with Gasteiger partial charge >= 0.3 is 0 Å². The minimum absolute atomic E-state index is 0.334. The van der Waals surface area contributed by atoms with Gasteiger partial charge in [-0.15, -0.1) is 0 Å².